The van der Waals surface area contributed by atoms with Crippen molar-refractivity contribution in [2.45, 2.75) is 173 Å². The third-order valence-corrected chi connectivity index (χ3v) is 10.3. The van der Waals surface area contributed by atoms with Crippen molar-refractivity contribution in [3.63, 3.8) is 0 Å². The van der Waals surface area contributed by atoms with Crippen LogP contribution in [0.25, 0.3) is 0 Å². The molecular weight excluding hydrogens is 847 g/mol. The van der Waals surface area contributed by atoms with E-state index in [4.69, 9.17) is 11.5 Å². The van der Waals surface area contributed by atoms with Crippen LogP contribution in [-0.2, 0) is 49.6 Å². The summed E-state index contributed by atoms with van der Waals surface area (Å²) < 4.78 is 0. The van der Waals surface area contributed by atoms with Crippen molar-refractivity contribution in [3.8, 4) is 5.75 Å². The van der Waals surface area contributed by atoms with Gasteiger partial charge in [0, 0.05) is 43.4 Å². The first-order chi connectivity index (χ1) is 29.8. The zero-order valence-corrected chi connectivity index (χ0v) is 39.4. The highest BCUT2D eigenvalue weighted by molar-refractivity contribution is 5.94. The Morgan fingerprint density at radius 2 is 0.954 bits per heavy atom. The van der Waals surface area contributed by atoms with E-state index in [2.05, 4.69) is 37.2 Å². The molecule has 7 amide bonds. The molecule has 0 bridgehead atoms. The number of rotatable bonds is 28. The summed E-state index contributed by atoms with van der Waals surface area (Å²) in [4.78, 5) is 116. The largest absolute Gasteiger partial charge is 0.508 e. The average Bonchev–Trinajstić information content (AvgIpc) is 3.13. The number of unbranched alkanes of at least 4 members (excludes halogenated alkanes) is 1. The van der Waals surface area contributed by atoms with Crippen LogP contribution >= 0.6 is 0 Å². The van der Waals surface area contributed by atoms with Crippen LogP contribution in [0.2, 0.25) is 0 Å². The van der Waals surface area contributed by atoms with Gasteiger partial charge in [-0.3, -0.25) is 43.2 Å². The lowest BCUT2D eigenvalue weighted by molar-refractivity contribution is -0.141. The molecule has 366 valence electrons. The van der Waals surface area contributed by atoms with E-state index in [9.17, 15) is 58.5 Å². The van der Waals surface area contributed by atoms with Gasteiger partial charge in [0.2, 0.25) is 41.4 Å². The number of phenolic OH excluding ortho intramolecular Hbond substituents is 1. The van der Waals surface area contributed by atoms with Crippen LogP contribution < -0.4 is 48.7 Å². The van der Waals surface area contributed by atoms with E-state index in [0.29, 0.717) is 25.8 Å². The number of carboxylic acid groups (broad SMARTS) is 2. The molecule has 0 radical (unpaired) electrons. The summed E-state index contributed by atoms with van der Waals surface area (Å²) in [6, 6.07) is 2.70. The third-order valence-electron chi connectivity index (χ3n) is 10.3. The number of nitrogens with two attached hydrogens (primary N) is 2. The quantitative estimate of drug-likeness (QED) is 0.0500. The summed E-state index contributed by atoms with van der Waals surface area (Å²) in [6.45, 7) is 15.3. The van der Waals surface area contributed by atoms with Crippen LogP contribution in [0.1, 0.15) is 126 Å². The molecule has 1 rings (SSSR count). The van der Waals surface area contributed by atoms with Gasteiger partial charge in [0.15, 0.2) is 0 Å². The molecule has 1 aromatic rings. The molecule has 0 spiro atoms. The minimum atomic E-state index is -1.66. The van der Waals surface area contributed by atoms with Gasteiger partial charge in [0.05, 0.1) is 18.4 Å². The minimum absolute atomic E-state index is 0.0423. The molecule has 65 heavy (non-hydrogen) atoms. The molecule has 0 fully saturated rings. The Kier molecular flexibility index (Phi) is 22.0. The molecule has 0 aliphatic rings. The van der Waals surface area contributed by atoms with Crippen LogP contribution in [0.4, 0.5) is 0 Å². The van der Waals surface area contributed by atoms with Crippen LogP contribution in [0.15, 0.2) is 24.3 Å². The summed E-state index contributed by atoms with van der Waals surface area (Å²) in [6.07, 6.45) is -0.563. The fourth-order valence-electron chi connectivity index (χ4n) is 6.37. The second kappa shape index (κ2) is 25.0. The highest BCUT2D eigenvalue weighted by Crippen LogP contribution is 2.16. The van der Waals surface area contributed by atoms with E-state index in [1.807, 2.05) is 0 Å². The standard InChI is InChI=1S/C44H73N9O12/c1-25(2)31(24-36(60)61)50-40(65)44(9,10)53-34(57)22-29(23-35(58)59)49-39(64)43(7,8)51-32(55)20-27(13-11-12-18-45)47-38(63)42(5,6)52-33(56)21-28(48-37(62)41(3,4)46)19-26-14-16-30(54)17-15-26/h14-17,25,27-29,31,54H,11-13,18-24,45-46H2,1-10H3,(H,47,63)(H,48,62)(H,49,64)(H,50,65)(H,51,55)(H,52,56)(H,53,57)(H,58,59)(H,60,61)/t27-,28-,29+,31+/m0/s1. The van der Waals surface area contributed by atoms with Crippen LogP contribution in [0.5, 0.6) is 5.75 Å². The predicted octanol–water partition coefficient (Wildman–Crippen LogP) is 0.200. The second-order valence-corrected chi connectivity index (χ2v) is 19.0. The lowest BCUT2D eigenvalue weighted by Gasteiger charge is -2.31. The summed E-state index contributed by atoms with van der Waals surface area (Å²) in [5.41, 5.74) is 6.41. The topological polar surface area (TPSA) is 351 Å². The molecule has 21 nitrogen and oxygen atoms in total. The maximum absolute atomic E-state index is 13.7. The van der Waals surface area contributed by atoms with E-state index in [-0.39, 0.29) is 37.4 Å². The number of benzene rings is 1. The van der Waals surface area contributed by atoms with Gasteiger partial charge in [0.1, 0.15) is 22.4 Å². The molecule has 0 saturated carbocycles. The van der Waals surface area contributed by atoms with Crippen molar-refractivity contribution in [2.75, 3.05) is 6.54 Å². The zero-order valence-electron chi connectivity index (χ0n) is 39.4. The molecule has 0 aromatic heterocycles. The predicted molar refractivity (Wildman–Crippen MR) is 241 cm³/mol. The normalized spacial score (nSPS) is 13.9. The number of carbonyl (C=O) groups excluding carboxylic acids is 7. The van der Waals surface area contributed by atoms with Crippen molar-refractivity contribution >= 4 is 53.3 Å². The van der Waals surface area contributed by atoms with Gasteiger partial charge in [-0.15, -0.1) is 0 Å². The van der Waals surface area contributed by atoms with Crippen molar-refractivity contribution in [1.82, 2.24) is 37.2 Å². The Hall–Kier alpha value is -5.83. The van der Waals surface area contributed by atoms with Gasteiger partial charge in [0.25, 0.3) is 0 Å². The molecule has 0 unspecified atom stereocenters. The van der Waals surface area contributed by atoms with Crippen molar-refractivity contribution in [2.24, 2.45) is 17.4 Å². The Morgan fingerprint density at radius 1 is 0.554 bits per heavy atom. The van der Waals surface area contributed by atoms with Gasteiger partial charge in [-0.1, -0.05) is 32.4 Å². The lowest BCUT2D eigenvalue weighted by atomic mass is 9.97. The molecular formula is C44H73N9O12. The number of nitrogens with one attached hydrogen (secondary N) is 7. The summed E-state index contributed by atoms with van der Waals surface area (Å²) in [7, 11) is 0. The van der Waals surface area contributed by atoms with E-state index in [0.717, 1.165) is 5.56 Å². The number of carboxylic acids is 2. The minimum Gasteiger partial charge on any atom is -0.508 e. The molecule has 21 heteroatoms. The fraction of sp³-hybridized carbons (Fsp3) is 0.659. The van der Waals surface area contributed by atoms with E-state index < -0.39 is 112 Å². The monoisotopic (exact) mass is 920 g/mol. The van der Waals surface area contributed by atoms with Gasteiger partial charge in [-0.2, -0.15) is 0 Å². The first kappa shape index (κ1) is 57.2. The first-order valence-electron chi connectivity index (χ1n) is 21.6. The Bertz CT molecular complexity index is 1840. The van der Waals surface area contributed by atoms with Crippen molar-refractivity contribution in [3.05, 3.63) is 29.8 Å². The van der Waals surface area contributed by atoms with Crippen LogP contribution in [0, 0.1) is 5.92 Å². The van der Waals surface area contributed by atoms with Gasteiger partial charge in [-0.05, 0) is 105 Å². The number of hydrogen-bond donors (Lipinski definition) is 12. The van der Waals surface area contributed by atoms with Crippen molar-refractivity contribution < 1.29 is 58.5 Å². The fourth-order valence-corrected chi connectivity index (χ4v) is 6.37. The summed E-state index contributed by atoms with van der Waals surface area (Å²) in [5.74, 6) is -7.34. The summed E-state index contributed by atoms with van der Waals surface area (Å²) >= 11 is 0. The van der Waals surface area contributed by atoms with Gasteiger partial charge in [-0.25, -0.2) is 0 Å². The Morgan fingerprint density at radius 3 is 1.37 bits per heavy atom. The molecule has 4 atom stereocenters. The molecule has 1 aromatic carbocycles. The van der Waals surface area contributed by atoms with E-state index >= 15 is 0 Å². The lowest BCUT2D eigenvalue weighted by Crippen LogP contribution is -2.60. The molecule has 0 heterocycles. The third kappa shape index (κ3) is 21.6. The maximum Gasteiger partial charge on any atom is 0.305 e. The summed E-state index contributed by atoms with van der Waals surface area (Å²) in [5, 5.41) is 47.0. The number of aliphatic carboxylic acids is 2. The number of hydrogen-bond acceptors (Lipinski definition) is 12. The highest BCUT2D eigenvalue weighted by Gasteiger charge is 2.37. The number of aromatic hydroxyl groups is 1. The molecule has 0 aliphatic carbocycles. The van der Waals surface area contributed by atoms with Gasteiger partial charge >= 0.3 is 11.9 Å². The molecule has 0 aliphatic heterocycles. The average molecular weight is 920 g/mol. The Labute approximate surface area is 381 Å². The molecule has 14 N–H and O–H groups in total. The zero-order chi connectivity index (χ0) is 50.1. The SMILES string of the molecule is CC(C)[C@@H](CC(=O)O)NC(=O)C(C)(C)NC(=O)C[C@H](CC(=O)O)NC(=O)C(C)(C)NC(=O)C[C@H](CCCCN)NC(=O)C(C)(C)NC(=O)C[C@H](Cc1ccc(O)cc1)NC(=O)C(C)(C)N. The Balaban J connectivity index is 3.07. The number of amides is 7. The van der Waals surface area contributed by atoms with Crippen molar-refractivity contribution in [1.29, 1.82) is 0 Å². The molecule has 0 saturated heterocycles. The number of carbonyl (C=O) groups is 9. The maximum atomic E-state index is 13.7. The highest BCUT2D eigenvalue weighted by atomic mass is 16.4. The number of phenols is 1. The smallest absolute Gasteiger partial charge is 0.305 e. The van der Waals surface area contributed by atoms with Gasteiger partial charge < -0.3 is 64.0 Å². The second-order valence-electron chi connectivity index (χ2n) is 19.0. The van der Waals surface area contributed by atoms with Crippen LogP contribution in [0.3, 0.4) is 0 Å². The van der Waals surface area contributed by atoms with E-state index in [1.165, 1.54) is 67.5 Å². The van der Waals surface area contributed by atoms with Crippen LogP contribution in [-0.4, -0.2) is 121 Å². The van der Waals surface area contributed by atoms with E-state index in [1.54, 1.807) is 26.0 Å². The first-order valence-corrected chi connectivity index (χ1v) is 21.6.